The monoisotopic (exact) mass is 310 g/mol. The molecule has 3 rings (SSSR count). The van der Waals surface area contributed by atoms with E-state index in [4.69, 9.17) is 9.15 Å². The van der Waals surface area contributed by atoms with Gasteiger partial charge in [0.05, 0.1) is 7.11 Å². The average Bonchev–Trinajstić information content (AvgIpc) is 2.89. The van der Waals surface area contributed by atoms with Gasteiger partial charge in [0, 0.05) is 17.5 Å². The molecule has 0 aliphatic carbocycles. The number of fused-ring (bicyclic) bond motifs is 1. The van der Waals surface area contributed by atoms with Crippen molar-refractivity contribution in [3.8, 4) is 5.88 Å². The Hall–Kier alpha value is -2.82. The summed E-state index contributed by atoms with van der Waals surface area (Å²) in [4.78, 5) is 16.7. The fraction of sp³-hybridized carbons (Fsp3) is 0.222. The first kappa shape index (κ1) is 15.1. The van der Waals surface area contributed by atoms with Crippen molar-refractivity contribution in [2.75, 3.05) is 7.11 Å². The van der Waals surface area contributed by atoms with Crippen molar-refractivity contribution in [1.82, 2.24) is 10.3 Å². The van der Waals surface area contributed by atoms with E-state index in [0.29, 0.717) is 18.1 Å². The molecule has 5 heteroatoms. The Kier molecular flexibility index (Phi) is 4.02. The first-order valence-corrected chi connectivity index (χ1v) is 7.36. The molecule has 1 N–H and O–H groups in total. The predicted molar refractivity (Wildman–Crippen MR) is 87.6 cm³/mol. The van der Waals surface area contributed by atoms with Crippen LogP contribution in [0.2, 0.25) is 0 Å². The molecular weight excluding hydrogens is 292 g/mol. The van der Waals surface area contributed by atoms with Crippen LogP contribution in [-0.2, 0) is 6.54 Å². The third-order valence-electron chi connectivity index (χ3n) is 3.71. The Morgan fingerprint density at radius 1 is 1.26 bits per heavy atom. The van der Waals surface area contributed by atoms with Gasteiger partial charge in [-0.25, -0.2) is 4.98 Å². The molecule has 0 spiro atoms. The van der Waals surface area contributed by atoms with Crippen LogP contribution in [0.5, 0.6) is 5.88 Å². The lowest BCUT2D eigenvalue weighted by Gasteiger charge is -2.08. The van der Waals surface area contributed by atoms with E-state index in [0.717, 1.165) is 27.9 Å². The molecule has 0 bridgehead atoms. The highest BCUT2D eigenvalue weighted by atomic mass is 16.5. The molecule has 0 radical (unpaired) electrons. The summed E-state index contributed by atoms with van der Waals surface area (Å²) in [5.74, 6) is 1.85. The van der Waals surface area contributed by atoms with E-state index in [2.05, 4.69) is 10.3 Å². The summed E-state index contributed by atoms with van der Waals surface area (Å²) in [5, 5.41) is 4.67. The lowest BCUT2D eigenvalue weighted by molar-refractivity contribution is 0.0945. The van der Waals surface area contributed by atoms with Gasteiger partial charge in [-0.2, -0.15) is 0 Å². The number of methoxy groups -OCH3 is 1. The minimum Gasteiger partial charge on any atom is -0.481 e. The zero-order valence-corrected chi connectivity index (χ0v) is 13.3. The molecule has 1 aromatic carbocycles. The highest BCUT2D eigenvalue weighted by molar-refractivity contribution is 5.98. The van der Waals surface area contributed by atoms with Crippen molar-refractivity contribution in [2.45, 2.75) is 20.4 Å². The molecule has 5 nitrogen and oxygen atoms in total. The SMILES string of the molecule is COc1nc(C(=O)NCc2cc(C)oc2C)cc2ccccc12. The van der Waals surface area contributed by atoms with Gasteiger partial charge in [-0.1, -0.05) is 18.2 Å². The number of pyridine rings is 1. The van der Waals surface area contributed by atoms with Crippen LogP contribution in [-0.4, -0.2) is 18.0 Å². The lowest BCUT2D eigenvalue weighted by Crippen LogP contribution is -2.24. The molecule has 3 aromatic rings. The molecule has 0 saturated heterocycles. The standard InChI is InChI=1S/C18H18N2O3/c1-11-8-14(12(2)23-11)10-19-17(21)16-9-13-6-4-5-7-15(13)18(20-16)22-3/h4-9H,10H2,1-3H3,(H,19,21). The summed E-state index contributed by atoms with van der Waals surface area (Å²) in [6, 6.07) is 11.4. The van der Waals surface area contributed by atoms with Gasteiger partial charge < -0.3 is 14.5 Å². The molecular formula is C18H18N2O3. The first-order chi connectivity index (χ1) is 11.1. The highest BCUT2D eigenvalue weighted by Gasteiger charge is 2.13. The molecule has 23 heavy (non-hydrogen) atoms. The Balaban J connectivity index is 1.84. The number of nitrogens with one attached hydrogen (secondary N) is 1. The smallest absolute Gasteiger partial charge is 0.270 e. The maximum Gasteiger partial charge on any atom is 0.270 e. The molecule has 0 atom stereocenters. The van der Waals surface area contributed by atoms with E-state index in [9.17, 15) is 4.79 Å². The topological polar surface area (TPSA) is 64.4 Å². The zero-order valence-electron chi connectivity index (χ0n) is 13.3. The minimum atomic E-state index is -0.243. The quantitative estimate of drug-likeness (QED) is 0.802. The Labute approximate surface area is 134 Å². The van der Waals surface area contributed by atoms with Crippen LogP contribution < -0.4 is 10.1 Å². The van der Waals surface area contributed by atoms with E-state index < -0.39 is 0 Å². The molecule has 0 fully saturated rings. The number of furan rings is 1. The number of rotatable bonds is 4. The van der Waals surface area contributed by atoms with Crippen molar-refractivity contribution in [3.63, 3.8) is 0 Å². The molecule has 118 valence electrons. The number of aromatic nitrogens is 1. The lowest BCUT2D eigenvalue weighted by atomic mass is 10.1. The first-order valence-electron chi connectivity index (χ1n) is 7.36. The van der Waals surface area contributed by atoms with E-state index in [1.165, 1.54) is 0 Å². The van der Waals surface area contributed by atoms with Gasteiger partial charge in [0.2, 0.25) is 5.88 Å². The summed E-state index contributed by atoms with van der Waals surface area (Å²) >= 11 is 0. The van der Waals surface area contributed by atoms with Crippen LogP contribution in [0.4, 0.5) is 0 Å². The van der Waals surface area contributed by atoms with Gasteiger partial charge in [0.25, 0.3) is 5.91 Å². The largest absolute Gasteiger partial charge is 0.481 e. The third-order valence-corrected chi connectivity index (χ3v) is 3.71. The van der Waals surface area contributed by atoms with E-state index in [-0.39, 0.29) is 5.91 Å². The zero-order chi connectivity index (χ0) is 16.4. The number of benzene rings is 1. The summed E-state index contributed by atoms with van der Waals surface area (Å²) in [6.45, 7) is 4.17. The van der Waals surface area contributed by atoms with Gasteiger partial charge in [0.1, 0.15) is 17.2 Å². The average molecular weight is 310 g/mol. The van der Waals surface area contributed by atoms with Gasteiger partial charge in [0.15, 0.2) is 0 Å². The maximum absolute atomic E-state index is 12.4. The molecule has 2 aromatic heterocycles. The Bertz CT molecular complexity index is 868. The number of nitrogens with zero attached hydrogens (tertiary/aromatic N) is 1. The van der Waals surface area contributed by atoms with Crippen LogP contribution in [0, 0.1) is 13.8 Å². The summed E-state index contributed by atoms with van der Waals surface area (Å²) in [6.07, 6.45) is 0. The Morgan fingerprint density at radius 2 is 2.04 bits per heavy atom. The van der Waals surface area contributed by atoms with Crippen molar-refractivity contribution < 1.29 is 13.9 Å². The summed E-state index contributed by atoms with van der Waals surface area (Å²) < 4.78 is 10.8. The van der Waals surface area contributed by atoms with Crippen molar-refractivity contribution >= 4 is 16.7 Å². The number of hydrogen-bond donors (Lipinski definition) is 1. The van der Waals surface area contributed by atoms with Crippen LogP contribution >= 0.6 is 0 Å². The van der Waals surface area contributed by atoms with Crippen LogP contribution in [0.25, 0.3) is 10.8 Å². The number of amides is 1. The number of hydrogen-bond acceptors (Lipinski definition) is 4. The van der Waals surface area contributed by atoms with Gasteiger partial charge in [-0.05, 0) is 37.4 Å². The van der Waals surface area contributed by atoms with Gasteiger partial charge in [-0.15, -0.1) is 0 Å². The fourth-order valence-electron chi connectivity index (χ4n) is 2.56. The van der Waals surface area contributed by atoms with Crippen LogP contribution in [0.1, 0.15) is 27.6 Å². The number of ether oxygens (including phenoxy) is 1. The highest BCUT2D eigenvalue weighted by Crippen LogP contribution is 2.24. The third kappa shape index (κ3) is 3.04. The second kappa shape index (κ2) is 6.12. The molecule has 0 saturated carbocycles. The Morgan fingerprint density at radius 3 is 2.74 bits per heavy atom. The maximum atomic E-state index is 12.4. The fourth-order valence-corrected chi connectivity index (χ4v) is 2.56. The van der Waals surface area contributed by atoms with Crippen LogP contribution in [0.3, 0.4) is 0 Å². The molecule has 1 amide bonds. The van der Waals surface area contributed by atoms with Crippen molar-refractivity contribution in [3.05, 3.63) is 59.2 Å². The van der Waals surface area contributed by atoms with E-state index in [1.807, 2.05) is 44.2 Å². The second-order valence-corrected chi connectivity index (χ2v) is 5.36. The molecule has 2 heterocycles. The predicted octanol–water partition coefficient (Wildman–Crippen LogP) is 3.38. The normalized spacial score (nSPS) is 10.7. The van der Waals surface area contributed by atoms with E-state index >= 15 is 0 Å². The number of carbonyl (C=O) groups excluding carboxylic acids is 1. The second-order valence-electron chi connectivity index (χ2n) is 5.36. The summed E-state index contributed by atoms with van der Waals surface area (Å²) in [7, 11) is 1.55. The van der Waals surface area contributed by atoms with Gasteiger partial charge >= 0.3 is 0 Å². The molecule has 0 aliphatic rings. The number of carbonyl (C=O) groups is 1. The molecule has 0 aliphatic heterocycles. The van der Waals surface area contributed by atoms with E-state index in [1.54, 1.807) is 13.2 Å². The summed E-state index contributed by atoms with van der Waals surface area (Å²) in [5.41, 5.74) is 1.29. The van der Waals surface area contributed by atoms with Crippen molar-refractivity contribution in [1.29, 1.82) is 0 Å². The van der Waals surface area contributed by atoms with Crippen LogP contribution in [0.15, 0.2) is 40.8 Å². The van der Waals surface area contributed by atoms with Gasteiger partial charge in [-0.3, -0.25) is 4.79 Å². The van der Waals surface area contributed by atoms with Crippen molar-refractivity contribution in [2.24, 2.45) is 0 Å². The minimum absolute atomic E-state index is 0.243. The molecule has 0 unspecified atom stereocenters. The number of aryl methyl sites for hydroxylation is 2.